The second-order valence-corrected chi connectivity index (χ2v) is 28.6. The van der Waals surface area contributed by atoms with Crippen LogP contribution in [0.2, 0.25) is 0 Å². The van der Waals surface area contributed by atoms with Crippen molar-refractivity contribution in [1.82, 2.24) is 10.5 Å². The van der Waals surface area contributed by atoms with Crippen LogP contribution in [0.4, 0.5) is 4.79 Å². The zero-order valence-electron chi connectivity index (χ0n) is 55.7. The van der Waals surface area contributed by atoms with Crippen molar-refractivity contribution in [2.45, 2.75) is 288 Å². The molecule has 6 saturated heterocycles. The lowest BCUT2D eigenvalue weighted by Crippen LogP contribution is -2.67. The number of esters is 2. The molecule has 6 heterocycles. The Balaban J connectivity index is 0.902. The second-order valence-electron chi connectivity index (χ2n) is 28.6. The molecule has 1 spiro atoms. The highest BCUT2D eigenvalue weighted by Crippen LogP contribution is 2.61. The number of Topliss-reactive ketones (excluding diaryl/α,β-unsaturated/α-hetero) is 1. The normalized spacial score (nSPS) is 47.2. The molecule has 0 aromatic rings. The van der Waals surface area contributed by atoms with Crippen molar-refractivity contribution in [3.8, 4) is 0 Å². The maximum Gasteiger partial charge on any atom is 0.407 e. The van der Waals surface area contributed by atoms with Crippen molar-refractivity contribution in [1.29, 1.82) is 0 Å². The number of hydrogen-bond acceptors (Lipinski definition) is 25. The summed E-state index contributed by atoms with van der Waals surface area (Å²) in [7, 11) is 1.17. The molecule has 0 radical (unpaired) electrons. The van der Waals surface area contributed by atoms with Crippen LogP contribution in [0.15, 0.2) is 46.8 Å². The van der Waals surface area contributed by atoms with E-state index in [4.69, 9.17) is 61.6 Å². The van der Waals surface area contributed by atoms with E-state index in [1.165, 1.54) is 21.0 Å². The van der Waals surface area contributed by atoms with Crippen LogP contribution in [0.1, 0.15) is 154 Å². The Morgan fingerprint density at radius 1 is 0.699 bits per heavy atom. The fraction of sp³-hybridized carbons (Fsp3) is 0.806. The molecule has 6 aliphatic heterocycles. The Bertz CT molecular complexity index is 2840. The number of allylic oxidation sites excluding steroid dienone is 3. The maximum atomic E-state index is 15.6. The van der Waals surface area contributed by atoms with E-state index in [2.05, 4.69) is 25.2 Å². The van der Waals surface area contributed by atoms with Crippen molar-refractivity contribution >= 4 is 30.1 Å². The molecule has 10 rings (SSSR count). The monoisotopic (exact) mass is 1320 g/mol. The van der Waals surface area contributed by atoms with Crippen molar-refractivity contribution in [3.05, 3.63) is 52.0 Å². The number of ketones is 1. The van der Waals surface area contributed by atoms with E-state index < -0.39 is 204 Å². The third kappa shape index (κ3) is 14.2. The molecule has 6 N–H and O–H groups in total. The number of amides is 1. The van der Waals surface area contributed by atoms with Gasteiger partial charge in [-0.2, -0.15) is 0 Å². The molecule has 0 aromatic carbocycles. The van der Waals surface area contributed by atoms with E-state index >= 15 is 4.79 Å². The fourth-order valence-electron chi connectivity index (χ4n) is 17.3. The first-order valence-electron chi connectivity index (χ1n) is 33.4. The first-order chi connectivity index (χ1) is 43.9. The molecule has 8 fully saturated rings. The molecule has 10 aliphatic rings. The Labute approximate surface area is 543 Å². The summed E-state index contributed by atoms with van der Waals surface area (Å²) in [4.78, 5) is 68.2. The minimum Gasteiger partial charge on any atom is -0.762 e. The number of rotatable bonds is 14. The summed E-state index contributed by atoms with van der Waals surface area (Å²) >= 11 is 0. The van der Waals surface area contributed by atoms with Crippen molar-refractivity contribution in [3.63, 3.8) is 0 Å². The SMILES string of the molecule is COC(=O)NC1C(C)OC(OC2CC=C(C)C3C=CC4C(OC5CC(OC6CCC(OC7CC(O)C(OC8CCC(O)C(C)O8)C(C)O7)C(C)O6)C(OC(C)=O)C(C)O5)C(C)CC(C)C4C3(C)C(O)=C3C(=O)OC4(CC(C=O)CC(O)C4C=C2C)C3=O)CC1(C)N([O-])O. The van der Waals surface area contributed by atoms with E-state index in [1.54, 1.807) is 33.8 Å². The van der Waals surface area contributed by atoms with Gasteiger partial charge in [-0.15, -0.1) is 0 Å². The van der Waals surface area contributed by atoms with Gasteiger partial charge in [0.05, 0.1) is 91.8 Å². The zero-order valence-corrected chi connectivity index (χ0v) is 55.7. The van der Waals surface area contributed by atoms with Gasteiger partial charge in [0.15, 0.2) is 43.2 Å². The van der Waals surface area contributed by atoms with Crippen LogP contribution in [0.25, 0.3) is 0 Å². The van der Waals surface area contributed by atoms with Gasteiger partial charge in [0.1, 0.15) is 29.8 Å². The number of carbonyl (C=O) groups excluding carboxylic acids is 5. The third-order valence-electron chi connectivity index (χ3n) is 22.1. The summed E-state index contributed by atoms with van der Waals surface area (Å²) in [6, 6.07) is -1.05. The molecule has 4 aliphatic carbocycles. The molecule has 522 valence electrons. The van der Waals surface area contributed by atoms with Crippen LogP contribution < -0.4 is 5.32 Å². The van der Waals surface area contributed by atoms with Crippen molar-refractivity contribution in [2.24, 2.45) is 46.8 Å². The molecule has 0 aromatic heterocycles. The van der Waals surface area contributed by atoms with Gasteiger partial charge in [0.2, 0.25) is 5.78 Å². The van der Waals surface area contributed by atoms with Crippen molar-refractivity contribution < 1.29 is 111 Å². The number of ether oxygens (including phenoxy) is 13. The molecule has 2 bridgehead atoms. The highest BCUT2D eigenvalue weighted by atomic mass is 16.8. The largest absolute Gasteiger partial charge is 0.762 e. The lowest BCUT2D eigenvalue weighted by molar-refractivity contribution is -0.331. The van der Waals surface area contributed by atoms with Crippen LogP contribution in [0.5, 0.6) is 0 Å². The topological polar surface area (TPSA) is 345 Å². The summed E-state index contributed by atoms with van der Waals surface area (Å²) in [5.74, 6) is -7.09. The number of nitrogens with one attached hydrogen (secondary N) is 1. The lowest BCUT2D eigenvalue weighted by Gasteiger charge is -2.56. The molecule has 30 unspecified atom stereocenters. The molecule has 2 saturated carbocycles. The summed E-state index contributed by atoms with van der Waals surface area (Å²) < 4.78 is 81.7. The van der Waals surface area contributed by atoms with Gasteiger partial charge in [0, 0.05) is 68.6 Å². The summed E-state index contributed by atoms with van der Waals surface area (Å²) in [5.41, 5.74) is -4.60. The average Bonchev–Trinajstić information content (AvgIpc) is 1.68. The quantitative estimate of drug-likeness (QED) is 0.0275. The third-order valence-corrected chi connectivity index (χ3v) is 22.1. The summed E-state index contributed by atoms with van der Waals surface area (Å²) in [5, 5.41) is 72.6. The smallest absolute Gasteiger partial charge is 0.407 e. The number of hydroxylamine groups is 2. The predicted octanol–water partition coefficient (Wildman–Crippen LogP) is 6.35. The molecule has 26 heteroatoms. The molecule has 30 atom stereocenters. The van der Waals surface area contributed by atoms with Gasteiger partial charge >= 0.3 is 18.0 Å². The van der Waals surface area contributed by atoms with Gasteiger partial charge in [-0.3, -0.25) is 14.8 Å². The standard InChI is InChI=1S/C67H99N2O24/c1-30-14-18-47(88-54-28-65(11,69(79)80)60(38(9)86-54)68-64(78)81-13)31(2)23-43-45(73)24-40(29-70)27-67(43)62(76)55(63(77)93-67)61(75)66(12)42(30)16-15-41-56(66)32(3)22-33(4)57(41)92-53-26-49(59(37(8)85-53)87-39(10)71)90-50-21-19-48(35(6)83-50)89-52-25-46(74)58(36(7)84-52)91-51-20-17-44(72)34(5)82-51/h14-16,23,29,32-38,40-54,56-60,72-75,79H,17-22,24-28H2,1-13H3,(H,68,78)/q-1. The van der Waals surface area contributed by atoms with E-state index in [1.807, 2.05) is 39.8 Å². The minimum atomic E-state index is -2.12. The summed E-state index contributed by atoms with van der Waals surface area (Å²) in [6.45, 7) is 21.2. The highest BCUT2D eigenvalue weighted by molar-refractivity contribution is 6.26. The van der Waals surface area contributed by atoms with Crippen molar-refractivity contribution in [2.75, 3.05) is 7.11 Å². The van der Waals surface area contributed by atoms with Crippen LogP contribution in [0, 0.1) is 52.0 Å². The van der Waals surface area contributed by atoms with Gasteiger partial charge in [-0.1, -0.05) is 50.6 Å². The van der Waals surface area contributed by atoms with Gasteiger partial charge in [-0.05, 0) is 111 Å². The lowest BCUT2D eigenvalue weighted by atomic mass is 9.49. The Morgan fingerprint density at radius 2 is 1.33 bits per heavy atom. The number of carbonyl (C=O) groups is 5. The summed E-state index contributed by atoms with van der Waals surface area (Å²) in [6.07, 6.45) is -4.61. The number of aldehydes is 1. The number of nitrogens with zero attached hydrogens (tertiary/aromatic N) is 1. The van der Waals surface area contributed by atoms with E-state index in [-0.39, 0.29) is 55.6 Å². The number of fused-ring (bicyclic) bond motifs is 4. The van der Waals surface area contributed by atoms with Crippen LogP contribution >= 0.6 is 0 Å². The number of hydrogen-bond donors (Lipinski definition) is 6. The molecule has 1 amide bonds. The predicted molar refractivity (Wildman–Crippen MR) is 325 cm³/mol. The number of aliphatic hydroxyl groups is 4. The maximum absolute atomic E-state index is 15.6. The van der Waals surface area contributed by atoms with Gasteiger partial charge in [0.25, 0.3) is 0 Å². The Morgan fingerprint density at radius 3 is 1.99 bits per heavy atom. The molecule has 26 nitrogen and oxygen atoms in total. The zero-order chi connectivity index (χ0) is 67.5. The van der Waals surface area contributed by atoms with Gasteiger partial charge < -0.3 is 103 Å². The van der Waals surface area contributed by atoms with Crippen LogP contribution in [-0.2, 0) is 80.8 Å². The average molecular weight is 1320 g/mol. The molecular weight excluding hydrogens is 1220 g/mol. The molecule has 93 heavy (non-hydrogen) atoms. The van der Waals surface area contributed by atoms with E-state index in [9.17, 15) is 50.0 Å². The Kier molecular flexibility index (Phi) is 22.0. The molecular formula is C67H99N2O24-. The number of aliphatic hydroxyl groups excluding tert-OH is 4. The van der Waals surface area contributed by atoms with Gasteiger partial charge in [-0.25, -0.2) is 9.59 Å². The number of methoxy groups -OCH3 is 1. The van der Waals surface area contributed by atoms with E-state index in [0.717, 1.165) is 5.57 Å². The van der Waals surface area contributed by atoms with E-state index in [0.29, 0.717) is 44.0 Å². The highest BCUT2D eigenvalue weighted by Gasteiger charge is 2.66. The Hall–Kier alpha value is -4.33. The van der Waals surface area contributed by atoms with Crippen LogP contribution in [-0.4, -0.2) is 202 Å². The second kappa shape index (κ2) is 28.6. The minimum absolute atomic E-state index is 0.0607. The first kappa shape index (κ1) is 71.4. The van der Waals surface area contributed by atoms with Crippen LogP contribution in [0.3, 0.4) is 0 Å². The fourth-order valence-corrected chi connectivity index (χ4v) is 17.3. The number of alkyl carbamates (subject to hydrolysis) is 1. The first-order valence-corrected chi connectivity index (χ1v) is 33.4.